The number of nitrogens with zero attached hydrogens (tertiary/aromatic N) is 1. The fourth-order valence-electron chi connectivity index (χ4n) is 5.28. The van der Waals surface area contributed by atoms with Crippen LogP contribution in [0.1, 0.15) is 60.4 Å². The number of hydrogen-bond acceptors (Lipinski definition) is 3. The molecule has 2 aliphatic rings. The van der Waals surface area contributed by atoms with Crippen LogP contribution < -0.4 is 0 Å². The van der Waals surface area contributed by atoms with E-state index in [9.17, 15) is 9.18 Å². The van der Waals surface area contributed by atoms with Crippen LogP contribution in [0.3, 0.4) is 0 Å². The summed E-state index contributed by atoms with van der Waals surface area (Å²) in [6, 6.07) is 11.9. The van der Waals surface area contributed by atoms with Gasteiger partial charge in [0.25, 0.3) is 0 Å². The van der Waals surface area contributed by atoms with Crippen molar-refractivity contribution in [2.45, 2.75) is 51.9 Å². The Kier molecular flexibility index (Phi) is 5.54. The van der Waals surface area contributed by atoms with E-state index in [1.54, 1.807) is 13.0 Å². The lowest BCUT2D eigenvalue weighted by atomic mass is 9.90. The van der Waals surface area contributed by atoms with Crippen molar-refractivity contribution >= 4 is 16.9 Å². The summed E-state index contributed by atoms with van der Waals surface area (Å²) >= 11 is 0. The minimum absolute atomic E-state index is 0.0805. The van der Waals surface area contributed by atoms with E-state index in [0.717, 1.165) is 43.7 Å². The number of aryl methyl sites for hydroxylation is 2. The molecule has 3 aromatic rings. The predicted octanol–water partition coefficient (Wildman–Crippen LogP) is 5.95. The lowest BCUT2D eigenvalue weighted by Crippen LogP contribution is -2.18. The number of ether oxygens (including phenoxy) is 2. The van der Waals surface area contributed by atoms with Crippen LogP contribution in [0.15, 0.2) is 36.4 Å². The Morgan fingerprint density at radius 3 is 2.66 bits per heavy atom. The van der Waals surface area contributed by atoms with Crippen LogP contribution in [0.2, 0.25) is 0 Å². The van der Waals surface area contributed by atoms with Gasteiger partial charge in [-0.05, 0) is 81.5 Å². The van der Waals surface area contributed by atoms with Gasteiger partial charge in [-0.3, -0.25) is 4.79 Å². The van der Waals surface area contributed by atoms with Crippen LogP contribution >= 0.6 is 0 Å². The molecule has 32 heavy (non-hydrogen) atoms. The lowest BCUT2D eigenvalue weighted by molar-refractivity contribution is -0.144. The van der Waals surface area contributed by atoms with E-state index >= 15 is 0 Å². The second kappa shape index (κ2) is 8.36. The van der Waals surface area contributed by atoms with Crippen LogP contribution in [0.5, 0.6) is 0 Å². The topological polar surface area (TPSA) is 40.5 Å². The second-order valence-corrected chi connectivity index (χ2v) is 9.18. The Balaban J connectivity index is 1.75. The highest BCUT2D eigenvalue weighted by atomic mass is 19.1. The molecule has 1 saturated carbocycles. The van der Waals surface area contributed by atoms with Gasteiger partial charge < -0.3 is 14.0 Å². The van der Waals surface area contributed by atoms with E-state index in [2.05, 4.69) is 29.7 Å². The third-order valence-electron chi connectivity index (χ3n) is 6.96. The zero-order valence-electron chi connectivity index (χ0n) is 19.0. The summed E-state index contributed by atoms with van der Waals surface area (Å²) in [6.45, 7) is 7.64. The van der Waals surface area contributed by atoms with Crippen molar-refractivity contribution in [1.29, 1.82) is 0 Å². The average molecular weight is 436 g/mol. The first-order valence-corrected chi connectivity index (χ1v) is 11.6. The predicted molar refractivity (Wildman–Crippen MR) is 123 cm³/mol. The fourth-order valence-corrected chi connectivity index (χ4v) is 5.28. The molecule has 2 atom stereocenters. The number of halogens is 1. The fraction of sp³-hybridized carbons (Fsp3) is 0.444. The second-order valence-electron chi connectivity index (χ2n) is 9.18. The van der Waals surface area contributed by atoms with Gasteiger partial charge >= 0.3 is 5.97 Å². The smallest absolute Gasteiger partial charge is 0.309 e. The van der Waals surface area contributed by atoms with Crippen molar-refractivity contribution < 1.29 is 18.7 Å². The van der Waals surface area contributed by atoms with Gasteiger partial charge in [0.15, 0.2) is 0 Å². The van der Waals surface area contributed by atoms with Crippen LogP contribution in [-0.2, 0) is 14.3 Å². The molecule has 5 heteroatoms. The Morgan fingerprint density at radius 1 is 1.16 bits per heavy atom. The summed E-state index contributed by atoms with van der Waals surface area (Å²) in [7, 11) is 0. The molecule has 4 nitrogen and oxygen atoms in total. The summed E-state index contributed by atoms with van der Waals surface area (Å²) < 4.78 is 27.4. The molecule has 1 aliphatic carbocycles. The van der Waals surface area contributed by atoms with Gasteiger partial charge in [0.2, 0.25) is 0 Å². The lowest BCUT2D eigenvalue weighted by Gasteiger charge is -2.26. The molecular weight excluding hydrogens is 405 g/mol. The molecule has 0 radical (unpaired) electrons. The highest BCUT2D eigenvalue weighted by molar-refractivity contribution is 5.91. The normalized spacial score (nSPS) is 21.1. The number of benzene rings is 2. The number of fused-ring (bicyclic) bond motifs is 1. The Labute approximate surface area is 188 Å². The number of esters is 1. The third-order valence-corrected chi connectivity index (χ3v) is 6.96. The van der Waals surface area contributed by atoms with E-state index in [0.29, 0.717) is 18.1 Å². The molecule has 0 amide bonds. The maximum atomic E-state index is 14.1. The molecule has 0 bridgehead atoms. The van der Waals surface area contributed by atoms with Gasteiger partial charge in [-0.15, -0.1) is 0 Å². The molecule has 0 unspecified atom stereocenters. The molecule has 1 saturated heterocycles. The standard InChI is InChI=1S/C27H30FNO3/c1-4-32-27(30)21-15-20(21)25-22-13-16(2)5-8-24(22)29(19-6-7-23(28)17(3)14-19)26(25)18-9-11-31-12-10-18/h5-8,13-14,18,20-21H,4,9-12,15H2,1-3H3/t20-,21-/m0/s1. The van der Waals surface area contributed by atoms with Gasteiger partial charge in [0.1, 0.15) is 5.82 Å². The van der Waals surface area contributed by atoms with Gasteiger partial charge in [0, 0.05) is 41.8 Å². The van der Waals surface area contributed by atoms with Crippen LogP contribution in [-0.4, -0.2) is 30.4 Å². The van der Waals surface area contributed by atoms with Crippen molar-refractivity contribution in [3.63, 3.8) is 0 Å². The number of rotatable bonds is 5. The van der Waals surface area contributed by atoms with Crippen LogP contribution in [0.25, 0.3) is 16.6 Å². The number of hydrogen-bond donors (Lipinski definition) is 0. The van der Waals surface area contributed by atoms with Gasteiger partial charge in [-0.2, -0.15) is 0 Å². The number of aromatic nitrogens is 1. The third kappa shape index (κ3) is 3.62. The molecule has 5 rings (SSSR count). The molecular formula is C27H30FNO3. The molecule has 1 aromatic heterocycles. The minimum Gasteiger partial charge on any atom is -0.466 e. The van der Waals surface area contributed by atoms with E-state index < -0.39 is 0 Å². The van der Waals surface area contributed by atoms with Crippen molar-refractivity contribution in [3.05, 3.63) is 64.6 Å². The Bertz CT molecular complexity index is 1180. The van der Waals surface area contributed by atoms with E-state index in [1.165, 1.54) is 22.2 Å². The number of carbonyl (C=O) groups is 1. The van der Waals surface area contributed by atoms with Crippen molar-refractivity contribution in [2.75, 3.05) is 19.8 Å². The quantitative estimate of drug-likeness (QED) is 0.465. The summed E-state index contributed by atoms with van der Waals surface area (Å²) in [4.78, 5) is 12.5. The Morgan fingerprint density at radius 2 is 1.94 bits per heavy atom. The summed E-state index contributed by atoms with van der Waals surface area (Å²) in [6.07, 6.45) is 2.71. The van der Waals surface area contributed by atoms with Gasteiger partial charge in [0.05, 0.1) is 18.0 Å². The SMILES string of the molecule is CCOC(=O)[C@H]1C[C@@H]1c1c(C2CCOCC2)n(-c2ccc(F)c(C)c2)c2ccc(C)cc12. The zero-order chi connectivity index (χ0) is 22.4. The molecule has 0 N–H and O–H groups in total. The summed E-state index contributed by atoms with van der Waals surface area (Å²) in [5.41, 5.74) is 6.45. The average Bonchev–Trinajstić information content (AvgIpc) is 3.51. The molecule has 0 spiro atoms. The monoisotopic (exact) mass is 435 g/mol. The molecule has 2 aromatic carbocycles. The molecule has 1 aliphatic heterocycles. The van der Waals surface area contributed by atoms with Gasteiger partial charge in [-0.25, -0.2) is 4.39 Å². The first-order chi connectivity index (χ1) is 15.5. The zero-order valence-corrected chi connectivity index (χ0v) is 19.0. The van der Waals surface area contributed by atoms with Crippen LogP contribution in [0.4, 0.5) is 4.39 Å². The highest BCUT2D eigenvalue weighted by Gasteiger charge is 2.48. The first-order valence-electron chi connectivity index (χ1n) is 11.6. The minimum atomic E-state index is -0.196. The maximum Gasteiger partial charge on any atom is 0.309 e. The maximum absolute atomic E-state index is 14.1. The molecule has 2 heterocycles. The van der Waals surface area contributed by atoms with Crippen molar-refractivity contribution in [1.82, 2.24) is 4.57 Å². The highest BCUT2D eigenvalue weighted by Crippen LogP contribution is 2.54. The largest absolute Gasteiger partial charge is 0.466 e. The first kappa shape index (κ1) is 21.2. The molecule has 168 valence electrons. The molecule has 2 fully saturated rings. The van der Waals surface area contributed by atoms with Gasteiger partial charge in [-0.1, -0.05) is 11.6 Å². The van der Waals surface area contributed by atoms with Crippen molar-refractivity contribution in [3.8, 4) is 5.69 Å². The number of carbonyl (C=O) groups excluding carboxylic acids is 1. The van der Waals surface area contributed by atoms with E-state index in [-0.39, 0.29) is 23.6 Å². The summed E-state index contributed by atoms with van der Waals surface area (Å²) in [5, 5.41) is 1.20. The van der Waals surface area contributed by atoms with Crippen molar-refractivity contribution in [2.24, 2.45) is 5.92 Å². The van der Waals surface area contributed by atoms with E-state index in [1.807, 2.05) is 19.1 Å². The Hall–Kier alpha value is -2.66. The van der Waals surface area contributed by atoms with Crippen LogP contribution in [0, 0.1) is 25.6 Å². The van der Waals surface area contributed by atoms with E-state index in [4.69, 9.17) is 9.47 Å². The summed E-state index contributed by atoms with van der Waals surface area (Å²) in [5.74, 6) is 0.127.